The highest BCUT2D eigenvalue weighted by Crippen LogP contribution is 2.58. The van der Waals surface area contributed by atoms with E-state index in [1.807, 2.05) is 13.0 Å². The summed E-state index contributed by atoms with van der Waals surface area (Å²) >= 11 is 0. The van der Waals surface area contributed by atoms with Crippen LogP contribution in [0.1, 0.15) is 37.8 Å². The maximum atomic E-state index is 12.4. The fourth-order valence-electron chi connectivity index (χ4n) is 3.39. The molecule has 2 fully saturated rings. The van der Waals surface area contributed by atoms with Gasteiger partial charge in [-0.25, -0.2) is 0 Å². The summed E-state index contributed by atoms with van der Waals surface area (Å²) in [6, 6.07) is 7.02. The van der Waals surface area contributed by atoms with Crippen LogP contribution >= 0.6 is 0 Å². The Hall–Kier alpha value is -1.55. The number of carbonyl (C=O) groups excluding carboxylic acids is 1. The lowest BCUT2D eigenvalue weighted by Crippen LogP contribution is -2.34. The minimum Gasteiger partial charge on any atom is -0.508 e. The molecule has 0 bridgehead atoms. The van der Waals surface area contributed by atoms with Gasteiger partial charge in [-0.05, 0) is 62.4 Å². The van der Waals surface area contributed by atoms with Gasteiger partial charge in [-0.2, -0.15) is 0 Å². The second-order valence-corrected chi connectivity index (χ2v) is 6.19. The maximum Gasteiger partial charge on any atom is 0.224 e. The second-order valence-electron chi connectivity index (χ2n) is 6.19. The van der Waals surface area contributed by atoms with Crippen molar-refractivity contribution in [2.24, 2.45) is 11.3 Å². The Morgan fingerprint density at radius 1 is 1.45 bits per heavy atom. The van der Waals surface area contributed by atoms with Gasteiger partial charge in [-0.15, -0.1) is 0 Å². The quantitative estimate of drug-likeness (QED) is 0.789. The molecule has 3 rings (SSSR count). The van der Waals surface area contributed by atoms with Gasteiger partial charge in [-0.1, -0.05) is 12.1 Å². The van der Waals surface area contributed by atoms with Gasteiger partial charge in [0.05, 0.1) is 6.04 Å². The number of aromatic hydroxyl groups is 1. The highest BCUT2D eigenvalue weighted by Gasteiger charge is 2.57. The average Bonchev–Trinajstić information content (AvgIpc) is 3.13. The third-order valence-electron chi connectivity index (χ3n) is 4.83. The van der Waals surface area contributed by atoms with E-state index in [2.05, 4.69) is 10.6 Å². The topological polar surface area (TPSA) is 61.4 Å². The van der Waals surface area contributed by atoms with Crippen LogP contribution in [0.5, 0.6) is 5.75 Å². The van der Waals surface area contributed by atoms with Gasteiger partial charge in [0, 0.05) is 5.92 Å². The van der Waals surface area contributed by atoms with Crippen LogP contribution in [0.4, 0.5) is 0 Å². The van der Waals surface area contributed by atoms with Crippen molar-refractivity contribution in [3.05, 3.63) is 29.8 Å². The highest BCUT2D eigenvalue weighted by atomic mass is 16.3. The molecule has 1 aromatic carbocycles. The Kier molecular flexibility index (Phi) is 3.42. The van der Waals surface area contributed by atoms with Gasteiger partial charge in [0.2, 0.25) is 5.91 Å². The first-order valence-corrected chi connectivity index (χ1v) is 7.41. The summed E-state index contributed by atoms with van der Waals surface area (Å²) in [4.78, 5) is 12.4. The van der Waals surface area contributed by atoms with Crippen molar-refractivity contribution in [3.8, 4) is 5.75 Å². The van der Waals surface area contributed by atoms with Crippen LogP contribution in [0.15, 0.2) is 24.3 Å². The minimum atomic E-state index is -0.0611. The van der Waals surface area contributed by atoms with Crippen molar-refractivity contribution in [3.63, 3.8) is 0 Å². The van der Waals surface area contributed by atoms with Crippen LogP contribution in [0, 0.1) is 11.3 Å². The van der Waals surface area contributed by atoms with E-state index in [-0.39, 0.29) is 29.0 Å². The molecule has 1 saturated carbocycles. The van der Waals surface area contributed by atoms with Crippen LogP contribution in [0.25, 0.3) is 0 Å². The Balaban J connectivity index is 1.60. The highest BCUT2D eigenvalue weighted by molar-refractivity contribution is 5.83. The van der Waals surface area contributed by atoms with Crippen molar-refractivity contribution in [1.29, 1.82) is 0 Å². The molecule has 0 aromatic heterocycles. The van der Waals surface area contributed by atoms with Crippen LogP contribution in [0.2, 0.25) is 0 Å². The van der Waals surface area contributed by atoms with Crippen molar-refractivity contribution < 1.29 is 9.90 Å². The third kappa shape index (κ3) is 2.52. The van der Waals surface area contributed by atoms with Gasteiger partial charge >= 0.3 is 0 Å². The first kappa shape index (κ1) is 13.4. The molecule has 1 aromatic rings. The molecule has 1 amide bonds. The molecule has 2 aliphatic rings. The Labute approximate surface area is 119 Å². The van der Waals surface area contributed by atoms with Crippen molar-refractivity contribution in [2.75, 3.05) is 13.1 Å². The number of benzene rings is 1. The van der Waals surface area contributed by atoms with E-state index in [1.165, 1.54) is 0 Å². The van der Waals surface area contributed by atoms with E-state index in [1.54, 1.807) is 18.2 Å². The summed E-state index contributed by atoms with van der Waals surface area (Å²) in [6.45, 7) is 4.03. The fraction of sp³-hybridized carbons (Fsp3) is 0.562. The number of phenolic OH excluding ortho intramolecular Hbond substituents is 1. The fourth-order valence-corrected chi connectivity index (χ4v) is 3.39. The van der Waals surface area contributed by atoms with E-state index >= 15 is 0 Å². The van der Waals surface area contributed by atoms with Crippen LogP contribution in [0.3, 0.4) is 0 Å². The van der Waals surface area contributed by atoms with Crippen LogP contribution < -0.4 is 10.6 Å². The molecule has 1 saturated heterocycles. The normalized spacial score (nSPS) is 25.1. The lowest BCUT2D eigenvalue weighted by molar-refractivity contribution is -0.123. The molecule has 2 atom stereocenters. The van der Waals surface area contributed by atoms with E-state index < -0.39 is 0 Å². The molecule has 1 aliphatic carbocycles. The molecule has 4 nitrogen and oxygen atoms in total. The van der Waals surface area contributed by atoms with Gasteiger partial charge < -0.3 is 15.7 Å². The lowest BCUT2D eigenvalue weighted by atomic mass is 9.91. The molecule has 4 heteroatoms. The average molecular weight is 274 g/mol. The molecular weight excluding hydrogens is 252 g/mol. The predicted octanol–water partition coefficient (Wildman–Crippen LogP) is 1.96. The monoisotopic (exact) mass is 274 g/mol. The van der Waals surface area contributed by atoms with Crippen LogP contribution in [-0.2, 0) is 4.79 Å². The zero-order valence-electron chi connectivity index (χ0n) is 11.9. The Bertz CT molecular complexity index is 509. The number of rotatable bonds is 3. The molecular formula is C16H22N2O2. The lowest BCUT2D eigenvalue weighted by Gasteiger charge is -2.23. The number of phenols is 1. The molecule has 3 N–H and O–H groups in total. The smallest absolute Gasteiger partial charge is 0.224 e. The number of piperidine rings is 1. The standard InChI is InChI=1S/C16H22N2O2/c1-11(12-3-2-4-13(19)9-12)18-15(20)14-10-16(14)5-7-17-8-6-16/h2-4,9,11,14,17,19H,5-8,10H2,1H3,(H,18,20). The third-order valence-corrected chi connectivity index (χ3v) is 4.83. The number of amides is 1. The summed E-state index contributed by atoms with van der Waals surface area (Å²) < 4.78 is 0. The van der Waals surface area contributed by atoms with Crippen molar-refractivity contribution in [1.82, 2.24) is 10.6 Å². The van der Waals surface area contributed by atoms with Crippen molar-refractivity contribution in [2.45, 2.75) is 32.2 Å². The van der Waals surface area contributed by atoms with Gasteiger partial charge in [0.25, 0.3) is 0 Å². The van der Waals surface area contributed by atoms with Gasteiger partial charge in [0.15, 0.2) is 0 Å². The molecule has 1 aliphatic heterocycles. The summed E-state index contributed by atoms with van der Waals surface area (Å²) in [6.07, 6.45) is 3.27. The molecule has 108 valence electrons. The predicted molar refractivity (Wildman–Crippen MR) is 77.3 cm³/mol. The largest absolute Gasteiger partial charge is 0.508 e. The number of hydrogen-bond donors (Lipinski definition) is 3. The summed E-state index contributed by atoms with van der Waals surface area (Å²) in [5.74, 6) is 0.594. The van der Waals surface area contributed by atoms with Crippen molar-refractivity contribution >= 4 is 5.91 Å². The SMILES string of the molecule is CC(NC(=O)C1CC12CCNCC2)c1cccc(O)c1. The van der Waals surface area contributed by atoms with E-state index in [0.717, 1.165) is 37.9 Å². The summed E-state index contributed by atoms with van der Waals surface area (Å²) in [7, 11) is 0. The number of carbonyl (C=O) groups is 1. The second kappa shape index (κ2) is 5.09. The maximum absolute atomic E-state index is 12.4. The first-order chi connectivity index (χ1) is 9.61. The molecule has 20 heavy (non-hydrogen) atoms. The summed E-state index contributed by atoms with van der Waals surface area (Å²) in [5.41, 5.74) is 1.21. The Morgan fingerprint density at radius 2 is 2.20 bits per heavy atom. The zero-order chi connectivity index (χ0) is 14.2. The first-order valence-electron chi connectivity index (χ1n) is 7.41. The van der Waals surface area contributed by atoms with E-state index in [4.69, 9.17) is 0 Å². The molecule has 1 heterocycles. The molecule has 2 unspecified atom stereocenters. The van der Waals surface area contributed by atoms with Crippen LogP contribution in [-0.4, -0.2) is 24.1 Å². The molecule has 0 radical (unpaired) electrons. The Morgan fingerprint density at radius 3 is 2.90 bits per heavy atom. The molecule has 1 spiro atoms. The van der Waals surface area contributed by atoms with Gasteiger partial charge in [0.1, 0.15) is 5.75 Å². The zero-order valence-corrected chi connectivity index (χ0v) is 11.9. The minimum absolute atomic E-state index is 0.0611. The van der Waals surface area contributed by atoms with E-state index in [9.17, 15) is 9.90 Å². The summed E-state index contributed by atoms with van der Waals surface area (Å²) in [5, 5.41) is 15.9. The van der Waals surface area contributed by atoms with Gasteiger partial charge in [-0.3, -0.25) is 4.79 Å². The number of hydrogen-bond acceptors (Lipinski definition) is 3. The van der Waals surface area contributed by atoms with E-state index in [0.29, 0.717) is 0 Å². The number of nitrogens with one attached hydrogen (secondary N) is 2.